The summed E-state index contributed by atoms with van der Waals surface area (Å²) in [6.45, 7) is 6.79. The number of piperidine rings is 1. The quantitative estimate of drug-likeness (QED) is 0.788. The fourth-order valence-corrected chi connectivity index (χ4v) is 5.32. The van der Waals surface area contributed by atoms with Crippen LogP contribution in [0.25, 0.3) is 11.0 Å². The molecule has 7 heteroatoms. The van der Waals surface area contributed by atoms with Crippen molar-refractivity contribution in [2.24, 2.45) is 0 Å². The first-order valence-corrected chi connectivity index (χ1v) is 11.5. The van der Waals surface area contributed by atoms with E-state index in [2.05, 4.69) is 9.80 Å². The number of hydrogen-bond acceptors (Lipinski definition) is 6. The number of hydrogen-bond donors (Lipinski definition) is 0. The van der Waals surface area contributed by atoms with Gasteiger partial charge in [0.15, 0.2) is 21.5 Å². The lowest BCUT2D eigenvalue weighted by Gasteiger charge is -2.32. The molecule has 146 valence electrons. The monoisotopic (exact) mass is 388 g/mol. The number of aromatic nitrogens is 2. The zero-order valence-electron chi connectivity index (χ0n) is 16.2. The predicted molar refractivity (Wildman–Crippen MR) is 110 cm³/mol. The summed E-state index contributed by atoms with van der Waals surface area (Å²) >= 11 is 0. The van der Waals surface area contributed by atoms with Gasteiger partial charge in [0, 0.05) is 26.2 Å². The highest BCUT2D eigenvalue weighted by atomic mass is 32.2. The lowest BCUT2D eigenvalue weighted by Crippen LogP contribution is -2.35. The summed E-state index contributed by atoms with van der Waals surface area (Å²) < 4.78 is 24.6. The fourth-order valence-electron chi connectivity index (χ4n) is 3.90. The van der Waals surface area contributed by atoms with E-state index in [1.807, 2.05) is 38.1 Å². The standard InChI is InChI=1S/C20H28N4O2S/c1-20(2)10-13-24(14-15-27(20,25)26)19-18(23-11-6-3-7-12-23)21-16-8-4-5-9-17(16)22-19/h4-5,8-9H,3,6-7,10-15H2,1-2H3. The first-order chi connectivity index (χ1) is 12.9. The summed E-state index contributed by atoms with van der Waals surface area (Å²) in [4.78, 5) is 14.3. The van der Waals surface area contributed by atoms with Crippen LogP contribution in [0, 0.1) is 0 Å². The zero-order chi connectivity index (χ0) is 19.1. The Labute approximate surface area is 161 Å². The topological polar surface area (TPSA) is 66.4 Å². The molecule has 27 heavy (non-hydrogen) atoms. The molecule has 2 aromatic rings. The van der Waals surface area contributed by atoms with Gasteiger partial charge in [0.05, 0.1) is 21.5 Å². The Balaban J connectivity index is 1.77. The molecule has 0 N–H and O–H groups in total. The third kappa shape index (κ3) is 3.49. The maximum Gasteiger partial charge on any atom is 0.172 e. The molecule has 0 spiro atoms. The molecule has 0 saturated carbocycles. The van der Waals surface area contributed by atoms with E-state index in [9.17, 15) is 8.42 Å². The highest BCUT2D eigenvalue weighted by molar-refractivity contribution is 7.92. The molecule has 1 aromatic carbocycles. The second-order valence-corrected chi connectivity index (χ2v) is 11.0. The Bertz CT molecular complexity index is 936. The third-order valence-electron chi connectivity index (χ3n) is 5.95. The van der Waals surface area contributed by atoms with Crippen molar-refractivity contribution >= 4 is 32.5 Å². The Hall–Kier alpha value is -1.89. The number of benzene rings is 1. The number of nitrogens with zero attached hydrogens (tertiary/aromatic N) is 4. The third-order valence-corrected chi connectivity index (χ3v) is 8.55. The lowest BCUT2D eigenvalue weighted by molar-refractivity contribution is 0.537. The van der Waals surface area contributed by atoms with Crippen LogP contribution in [0.2, 0.25) is 0 Å². The van der Waals surface area contributed by atoms with Crippen molar-refractivity contribution in [3.05, 3.63) is 24.3 Å². The normalized spacial score (nSPS) is 22.6. The lowest BCUT2D eigenvalue weighted by atomic mass is 10.1. The smallest absolute Gasteiger partial charge is 0.172 e. The Morgan fingerprint density at radius 2 is 1.41 bits per heavy atom. The van der Waals surface area contributed by atoms with Gasteiger partial charge in [0.25, 0.3) is 0 Å². The van der Waals surface area contributed by atoms with E-state index >= 15 is 0 Å². The average molecular weight is 389 g/mol. The van der Waals surface area contributed by atoms with Crippen LogP contribution >= 0.6 is 0 Å². The minimum atomic E-state index is -3.12. The average Bonchev–Trinajstić information content (AvgIpc) is 2.77. The van der Waals surface area contributed by atoms with Crippen LogP contribution in [0.15, 0.2) is 24.3 Å². The fraction of sp³-hybridized carbons (Fsp3) is 0.600. The number of sulfone groups is 1. The van der Waals surface area contributed by atoms with Gasteiger partial charge < -0.3 is 9.80 Å². The summed E-state index contributed by atoms with van der Waals surface area (Å²) in [7, 11) is -3.12. The van der Waals surface area contributed by atoms with Crippen LogP contribution in [0.4, 0.5) is 11.6 Å². The molecular formula is C20H28N4O2S. The Morgan fingerprint density at radius 3 is 2.00 bits per heavy atom. The van der Waals surface area contributed by atoms with Crippen LogP contribution in [-0.4, -0.2) is 55.1 Å². The number of fused-ring (bicyclic) bond motifs is 1. The number of anilines is 2. The molecule has 2 saturated heterocycles. The molecule has 2 aliphatic heterocycles. The van der Waals surface area contributed by atoms with Crippen LogP contribution in [0.5, 0.6) is 0 Å². The zero-order valence-corrected chi connectivity index (χ0v) is 17.0. The van der Waals surface area contributed by atoms with Crippen LogP contribution in [-0.2, 0) is 9.84 Å². The van der Waals surface area contributed by atoms with Crippen LogP contribution in [0.1, 0.15) is 39.5 Å². The maximum atomic E-state index is 12.6. The van der Waals surface area contributed by atoms with E-state index in [0.29, 0.717) is 19.5 Å². The minimum Gasteiger partial charge on any atom is -0.354 e. The van der Waals surface area contributed by atoms with Crippen molar-refractivity contribution in [3.63, 3.8) is 0 Å². The van der Waals surface area contributed by atoms with E-state index in [0.717, 1.165) is 48.6 Å². The molecule has 0 bridgehead atoms. The first-order valence-electron chi connectivity index (χ1n) is 9.86. The molecule has 4 rings (SSSR count). The van der Waals surface area contributed by atoms with Gasteiger partial charge >= 0.3 is 0 Å². The van der Waals surface area contributed by atoms with Crippen LogP contribution in [0.3, 0.4) is 0 Å². The van der Waals surface area contributed by atoms with Gasteiger partial charge in [-0.1, -0.05) is 12.1 Å². The van der Waals surface area contributed by atoms with Crippen molar-refractivity contribution in [1.29, 1.82) is 0 Å². The van der Waals surface area contributed by atoms with Gasteiger partial charge in [-0.25, -0.2) is 18.4 Å². The van der Waals surface area contributed by atoms with Gasteiger partial charge in [-0.2, -0.15) is 0 Å². The molecule has 2 aliphatic rings. The van der Waals surface area contributed by atoms with E-state index < -0.39 is 14.6 Å². The van der Waals surface area contributed by atoms with E-state index in [-0.39, 0.29) is 5.75 Å². The minimum absolute atomic E-state index is 0.161. The SMILES string of the molecule is CC1(C)CCN(c2nc3ccccc3nc2N2CCCCC2)CCS1(=O)=O. The molecule has 3 heterocycles. The van der Waals surface area contributed by atoms with Gasteiger partial charge in [-0.15, -0.1) is 0 Å². The second-order valence-electron chi connectivity index (χ2n) is 8.22. The molecule has 0 amide bonds. The summed E-state index contributed by atoms with van der Waals surface area (Å²) in [6, 6.07) is 7.93. The highest BCUT2D eigenvalue weighted by Gasteiger charge is 2.38. The van der Waals surface area contributed by atoms with Gasteiger partial charge in [-0.3, -0.25) is 0 Å². The van der Waals surface area contributed by atoms with E-state index in [1.165, 1.54) is 6.42 Å². The summed E-state index contributed by atoms with van der Waals surface area (Å²) in [6.07, 6.45) is 4.18. The predicted octanol–water partition coefficient (Wildman–Crippen LogP) is 3.02. The first kappa shape index (κ1) is 18.5. The van der Waals surface area contributed by atoms with E-state index in [4.69, 9.17) is 9.97 Å². The largest absolute Gasteiger partial charge is 0.354 e. The van der Waals surface area contributed by atoms with Crippen LogP contribution < -0.4 is 9.80 Å². The molecular weight excluding hydrogens is 360 g/mol. The molecule has 0 atom stereocenters. The maximum absolute atomic E-state index is 12.6. The number of rotatable bonds is 2. The van der Waals surface area contributed by atoms with Gasteiger partial charge in [0.1, 0.15) is 0 Å². The summed E-state index contributed by atoms with van der Waals surface area (Å²) in [5.74, 6) is 1.91. The number of para-hydroxylation sites is 2. The summed E-state index contributed by atoms with van der Waals surface area (Å²) in [5, 5.41) is 0. The molecule has 0 unspecified atom stereocenters. The molecule has 0 radical (unpaired) electrons. The Morgan fingerprint density at radius 1 is 0.852 bits per heavy atom. The highest BCUT2D eigenvalue weighted by Crippen LogP contribution is 2.33. The summed E-state index contributed by atoms with van der Waals surface area (Å²) in [5.41, 5.74) is 1.75. The Kier molecular flexibility index (Phi) is 4.74. The van der Waals surface area contributed by atoms with Gasteiger partial charge in [-0.05, 0) is 51.7 Å². The second kappa shape index (κ2) is 6.93. The van der Waals surface area contributed by atoms with Crippen molar-refractivity contribution in [2.45, 2.75) is 44.3 Å². The van der Waals surface area contributed by atoms with Crippen molar-refractivity contribution in [1.82, 2.24) is 9.97 Å². The van der Waals surface area contributed by atoms with E-state index in [1.54, 1.807) is 0 Å². The van der Waals surface area contributed by atoms with Crippen molar-refractivity contribution in [3.8, 4) is 0 Å². The molecule has 0 aliphatic carbocycles. The molecule has 1 aromatic heterocycles. The molecule has 2 fully saturated rings. The van der Waals surface area contributed by atoms with Crippen molar-refractivity contribution in [2.75, 3.05) is 41.7 Å². The van der Waals surface area contributed by atoms with Gasteiger partial charge in [0.2, 0.25) is 0 Å². The molecule has 6 nitrogen and oxygen atoms in total. The van der Waals surface area contributed by atoms with Crippen molar-refractivity contribution < 1.29 is 8.42 Å².